The number of likely N-dealkylation sites (N-methyl/N-ethyl adjacent to an activating group) is 1. The Morgan fingerprint density at radius 1 is 1.18 bits per heavy atom. The molecule has 0 aliphatic carbocycles. The van der Waals surface area contributed by atoms with Crippen LogP contribution in [0.15, 0.2) is 34.3 Å². The van der Waals surface area contributed by atoms with Crippen molar-refractivity contribution in [3.8, 4) is 0 Å². The van der Waals surface area contributed by atoms with Gasteiger partial charge in [0.1, 0.15) is 5.69 Å². The van der Waals surface area contributed by atoms with Gasteiger partial charge in [-0.3, -0.25) is 14.6 Å². The number of hydrogen-bond acceptors (Lipinski definition) is 9. The monoisotopic (exact) mass is 485 g/mol. The first kappa shape index (κ1) is 23.6. The van der Waals surface area contributed by atoms with Gasteiger partial charge in [-0.1, -0.05) is 0 Å². The summed E-state index contributed by atoms with van der Waals surface area (Å²) in [4.78, 5) is 41.3. The second kappa shape index (κ2) is 9.01. The van der Waals surface area contributed by atoms with Crippen molar-refractivity contribution in [2.45, 2.75) is 37.6 Å². The predicted molar refractivity (Wildman–Crippen MR) is 131 cm³/mol. The second-order valence-electron chi connectivity index (χ2n) is 8.61. The van der Waals surface area contributed by atoms with Gasteiger partial charge < -0.3 is 20.4 Å². The summed E-state index contributed by atoms with van der Waals surface area (Å²) in [6.45, 7) is 4.75. The SMILES string of the molecule is CC(C)N1CC(=O)N(C)c2cnc(Nc3cc(NC(=O)C4=NCCC4)cc(S(C)(=O)=O)c3)nc21. The summed E-state index contributed by atoms with van der Waals surface area (Å²) in [5.74, 6) is 0.426. The van der Waals surface area contributed by atoms with Crippen molar-refractivity contribution in [2.75, 3.05) is 46.8 Å². The van der Waals surface area contributed by atoms with Crippen LogP contribution in [0.3, 0.4) is 0 Å². The Balaban J connectivity index is 1.67. The summed E-state index contributed by atoms with van der Waals surface area (Å²) in [6, 6.07) is 4.51. The largest absolute Gasteiger partial charge is 0.343 e. The van der Waals surface area contributed by atoms with E-state index in [0.717, 1.165) is 12.7 Å². The van der Waals surface area contributed by atoms with Gasteiger partial charge in [0.2, 0.25) is 11.9 Å². The van der Waals surface area contributed by atoms with Crippen LogP contribution in [-0.2, 0) is 19.4 Å². The quantitative estimate of drug-likeness (QED) is 0.634. The van der Waals surface area contributed by atoms with Crippen molar-refractivity contribution >= 4 is 56.2 Å². The number of sulfone groups is 1. The fourth-order valence-corrected chi connectivity index (χ4v) is 4.46. The molecule has 12 heteroatoms. The third-order valence-corrected chi connectivity index (χ3v) is 6.76. The molecule has 0 fully saturated rings. The summed E-state index contributed by atoms with van der Waals surface area (Å²) < 4.78 is 24.5. The number of aliphatic imine (C=N–C) groups is 1. The summed E-state index contributed by atoms with van der Waals surface area (Å²) in [7, 11) is -1.88. The average Bonchev–Trinajstić information content (AvgIpc) is 3.30. The lowest BCUT2D eigenvalue weighted by atomic mass is 10.2. The van der Waals surface area contributed by atoms with E-state index in [-0.39, 0.29) is 35.2 Å². The van der Waals surface area contributed by atoms with E-state index in [1.807, 2.05) is 18.7 Å². The molecule has 1 aromatic heterocycles. The number of hydrogen-bond donors (Lipinski definition) is 2. The molecule has 2 N–H and O–H groups in total. The van der Waals surface area contributed by atoms with Crippen LogP contribution in [0, 0.1) is 0 Å². The van der Waals surface area contributed by atoms with Crippen LogP contribution in [0.25, 0.3) is 0 Å². The number of fused-ring (bicyclic) bond motifs is 1. The summed E-state index contributed by atoms with van der Waals surface area (Å²) in [5, 5.41) is 5.77. The molecule has 0 saturated carbocycles. The number of amides is 2. The lowest BCUT2D eigenvalue weighted by molar-refractivity contribution is -0.117. The van der Waals surface area contributed by atoms with E-state index < -0.39 is 9.84 Å². The van der Waals surface area contributed by atoms with Crippen LogP contribution < -0.4 is 20.4 Å². The molecule has 0 bridgehead atoms. The first-order valence-electron chi connectivity index (χ1n) is 10.9. The minimum atomic E-state index is -3.56. The second-order valence-corrected chi connectivity index (χ2v) is 10.6. The van der Waals surface area contributed by atoms with Gasteiger partial charge >= 0.3 is 0 Å². The number of carbonyl (C=O) groups excluding carboxylic acids is 2. The average molecular weight is 486 g/mol. The van der Waals surface area contributed by atoms with E-state index in [0.29, 0.717) is 41.6 Å². The highest BCUT2D eigenvalue weighted by Crippen LogP contribution is 2.33. The van der Waals surface area contributed by atoms with Gasteiger partial charge in [0.25, 0.3) is 5.91 Å². The molecule has 1 aromatic carbocycles. The standard InChI is InChI=1S/C22H27N7O4S/c1-13(2)29-12-19(30)28(3)18-11-24-22(27-20(18)29)26-15-8-14(9-16(10-15)34(4,32)33)25-21(31)17-6-5-7-23-17/h8-11,13H,5-7,12H2,1-4H3,(H,25,31)(H,24,26,27). The number of anilines is 5. The van der Waals surface area contributed by atoms with Crippen LogP contribution in [0.1, 0.15) is 26.7 Å². The predicted octanol–water partition coefficient (Wildman–Crippen LogP) is 1.99. The number of carbonyl (C=O) groups is 2. The van der Waals surface area contributed by atoms with Crippen molar-refractivity contribution in [3.63, 3.8) is 0 Å². The highest BCUT2D eigenvalue weighted by Gasteiger charge is 2.30. The van der Waals surface area contributed by atoms with Crippen LogP contribution in [-0.4, -0.2) is 68.3 Å². The number of nitrogens with zero attached hydrogens (tertiary/aromatic N) is 5. The Labute approximate surface area is 198 Å². The van der Waals surface area contributed by atoms with E-state index in [9.17, 15) is 18.0 Å². The lowest BCUT2D eigenvalue weighted by Gasteiger charge is -2.36. The zero-order valence-electron chi connectivity index (χ0n) is 19.5. The van der Waals surface area contributed by atoms with Gasteiger partial charge in [-0.15, -0.1) is 0 Å². The Morgan fingerprint density at radius 2 is 1.91 bits per heavy atom. The van der Waals surface area contributed by atoms with Gasteiger partial charge in [0, 0.05) is 37.3 Å². The van der Waals surface area contributed by atoms with Gasteiger partial charge in [-0.05, 0) is 44.9 Å². The van der Waals surface area contributed by atoms with Crippen molar-refractivity contribution in [1.29, 1.82) is 0 Å². The first-order chi connectivity index (χ1) is 16.0. The third kappa shape index (κ3) is 4.86. The van der Waals surface area contributed by atoms with E-state index >= 15 is 0 Å². The maximum absolute atomic E-state index is 12.5. The fourth-order valence-electron chi connectivity index (χ4n) is 3.78. The van der Waals surface area contributed by atoms with E-state index in [4.69, 9.17) is 0 Å². The van der Waals surface area contributed by atoms with Crippen molar-refractivity contribution < 1.29 is 18.0 Å². The normalized spacial score (nSPS) is 15.9. The molecule has 3 heterocycles. The maximum atomic E-state index is 12.5. The van der Waals surface area contributed by atoms with Crippen LogP contribution in [0.4, 0.5) is 28.8 Å². The number of benzene rings is 1. The number of rotatable bonds is 6. The highest BCUT2D eigenvalue weighted by atomic mass is 32.2. The summed E-state index contributed by atoms with van der Waals surface area (Å²) >= 11 is 0. The first-order valence-corrected chi connectivity index (χ1v) is 12.8. The van der Waals surface area contributed by atoms with Crippen LogP contribution >= 0.6 is 0 Å². The van der Waals surface area contributed by atoms with Crippen molar-refractivity contribution in [2.24, 2.45) is 4.99 Å². The van der Waals surface area contributed by atoms with Crippen molar-refractivity contribution in [1.82, 2.24) is 9.97 Å². The summed E-state index contributed by atoms with van der Waals surface area (Å²) in [6.07, 6.45) is 4.07. The molecule has 11 nitrogen and oxygen atoms in total. The van der Waals surface area contributed by atoms with Gasteiger partial charge in [0.05, 0.1) is 23.3 Å². The van der Waals surface area contributed by atoms with Crippen LogP contribution in [0.5, 0.6) is 0 Å². The van der Waals surface area contributed by atoms with E-state index in [1.165, 1.54) is 17.0 Å². The molecule has 0 radical (unpaired) electrons. The molecule has 180 valence electrons. The maximum Gasteiger partial charge on any atom is 0.269 e. The van der Waals surface area contributed by atoms with Gasteiger partial charge in [0.15, 0.2) is 15.7 Å². The van der Waals surface area contributed by atoms with Crippen molar-refractivity contribution in [3.05, 3.63) is 24.4 Å². The zero-order chi connectivity index (χ0) is 24.6. The Bertz CT molecular complexity index is 1290. The Kier molecular flexibility index (Phi) is 6.26. The molecule has 0 unspecified atom stereocenters. The molecular formula is C22H27N7O4S. The number of aromatic nitrogens is 2. The molecule has 2 amide bonds. The van der Waals surface area contributed by atoms with E-state index in [2.05, 4.69) is 25.6 Å². The molecule has 0 saturated heterocycles. The fraction of sp³-hybridized carbons (Fsp3) is 0.409. The number of nitrogens with one attached hydrogen (secondary N) is 2. The Morgan fingerprint density at radius 3 is 2.56 bits per heavy atom. The molecule has 2 aliphatic heterocycles. The molecule has 2 aromatic rings. The lowest BCUT2D eigenvalue weighted by Crippen LogP contribution is -2.47. The molecule has 0 atom stereocenters. The minimum absolute atomic E-state index is 0.0352. The Hall–Kier alpha value is -3.54. The molecular weight excluding hydrogens is 458 g/mol. The third-order valence-electron chi connectivity index (χ3n) is 5.67. The van der Waals surface area contributed by atoms with Gasteiger partial charge in [-0.2, -0.15) is 4.98 Å². The highest BCUT2D eigenvalue weighted by molar-refractivity contribution is 7.90. The smallest absolute Gasteiger partial charge is 0.269 e. The topological polar surface area (TPSA) is 137 Å². The van der Waals surface area contributed by atoms with E-state index in [1.54, 1.807) is 19.3 Å². The van der Waals surface area contributed by atoms with Gasteiger partial charge in [-0.25, -0.2) is 13.4 Å². The summed E-state index contributed by atoms with van der Waals surface area (Å²) in [5.41, 5.74) is 1.75. The molecule has 2 aliphatic rings. The molecule has 0 spiro atoms. The van der Waals surface area contributed by atoms with Crippen LogP contribution in [0.2, 0.25) is 0 Å². The minimum Gasteiger partial charge on any atom is -0.343 e. The molecule has 34 heavy (non-hydrogen) atoms. The zero-order valence-corrected chi connectivity index (χ0v) is 20.3. The molecule has 4 rings (SSSR count).